The summed E-state index contributed by atoms with van der Waals surface area (Å²) in [5, 5.41) is 5.03. The Labute approximate surface area is 172 Å². The Morgan fingerprint density at radius 2 is 1.89 bits per heavy atom. The second kappa shape index (κ2) is 8.34. The largest absolute Gasteiger partial charge is 0.493 e. The van der Waals surface area contributed by atoms with E-state index in [4.69, 9.17) is 26.1 Å². The smallest absolute Gasteiger partial charge is 0.162 e. The van der Waals surface area contributed by atoms with Crippen LogP contribution in [0, 0.1) is 0 Å². The number of halogens is 1. The summed E-state index contributed by atoms with van der Waals surface area (Å²) in [6.07, 6.45) is 5.59. The number of pyridine rings is 1. The average Bonchev–Trinajstić information content (AvgIpc) is 3.20. The van der Waals surface area contributed by atoms with Crippen molar-refractivity contribution in [1.29, 1.82) is 0 Å². The molecule has 0 spiro atoms. The number of aromatic nitrogens is 1. The van der Waals surface area contributed by atoms with Gasteiger partial charge in [-0.25, -0.2) is 0 Å². The summed E-state index contributed by atoms with van der Waals surface area (Å²) in [6.45, 7) is 4.39. The lowest BCUT2D eigenvalue weighted by atomic mass is 10.0. The maximum atomic E-state index is 6.05. The lowest BCUT2D eigenvalue weighted by molar-refractivity contribution is 0.179. The van der Waals surface area contributed by atoms with Crippen LogP contribution >= 0.6 is 11.6 Å². The third kappa shape index (κ3) is 3.62. The molecular weight excluding hydrogens is 374 g/mol. The van der Waals surface area contributed by atoms with Crippen molar-refractivity contribution < 1.29 is 9.47 Å². The maximum Gasteiger partial charge on any atom is 0.162 e. The highest BCUT2D eigenvalue weighted by molar-refractivity contribution is 6.18. The second-order valence-electron chi connectivity index (χ2n) is 7.95. The number of rotatable bonds is 6. The van der Waals surface area contributed by atoms with Gasteiger partial charge in [-0.15, -0.1) is 11.6 Å². The molecule has 1 aromatic heterocycles. The van der Waals surface area contributed by atoms with Crippen molar-refractivity contribution in [2.75, 3.05) is 38.5 Å². The van der Waals surface area contributed by atoms with E-state index >= 15 is 0 Å². The van der Waals surface area contributed by atoms with Crippen LogP contribution in [0.15, 0.2) is 12.1 Å². The second-order valence-corrected chi connectivity index (χ2v) is 8.26. The van der Waals surface area contributed by atoms with E-state index in [9.17, 15) is 0 Å². The zero-order chi connectivity index (χ0) is 19.7. The molecule has 152 valence electrons. The van der Waals surface area contributed by atoms with E-state index < -0.39 is 0 Å². The Hall–Kier alpha value is -1.72. The SMILES string of the molecule is COc1cc2nc3c(c(NC4CCN(C(C)CCl)CC4)c2cc1OC)CCC3. The van der Waals surface area contributed by atoms with E-state index in [-0.39, 0.29) is 0 Å². The lowest BCUT2D eigenvalue weighted by Crippen LogP contribution is -2.44. The van der Waals surface area contributed by atoms with Crippen molar-refractivity contribution >= 4 is 28.2 Å². The van der Waals surface area contributed by atoms with Gasteiger partial charge in [0.2, 0.25) is 0 Å². The van der Waals surface area contributed by atoms with Crippen LogP contribution in [-0.4, -0.2) is 55.2 Å². The van der Waals surface area contributed by atoms with Crippen molar-refractivity contribution in [1.82, 2.24) is 9.88 Å². The van der Waals surface area contributed by atoms with Crippen LogP contribution in [0.2, 0.25) is 0 Å². The molecule has 6 heteroatoms. The molecule has 1 atom stereocenters. The molecular formula is C22H30ClN3O2. The summed E-state index contributed by atoms with van der Waals surface area (Å²) in [7, 11) is 3.36. The normalized spacial score (nSPS) is 18.9. The van der Waals surface area contributed by atoms with Crippen LogP contribution in [0.4, 0.5) is 5.69 Å². The Morgan fingerprint density at radius 3 is 2.57 bits per heavy atom. The van der Waals surface area contributed by atoms with Gasteiger partial charge >= 0.3 is 0 Å². The van der Waals surface area contributed by atoms with E-state index in [1.165, 1.54) is 23.4 Å². The van der Waals surface area contributed by atoms with Gasteiger partial charge in [0.25, 0.3) is 0 Å². The highest BCUT2D eigenvalue weighted by atomic mass is 35.5. The van der Waals surface area contributed by atoms with Crippen molar-refractivity contribution in [3.63, 3.8) is 0 Å². The quantitative estimate of drug-likeness (QED) is 0.731. The lowest BCUT2D eigenvalue weighted by Gasteiger charge is -2.36. The summed E-state index contributed by atoms with van der Waals surface area (Å²) in [5.74, 6) is 2.18. The number of piperidine rings is 1. The minimum absolute atomic E-state index is 0.449. The summed E-state index contributed by atoms with van der Waals surface area (Å²) >= 11 is 6.05. The van der Waals surface area contributed by atoms with Gasteiger partial charge in [-0.05, 0) is 50.7 Å². The molecule has 0 bridgehead atoms. The zero-order valence-corrected chi connectivity index (χ0v) is 17.8. The Balaban J connectivity index is 1.66. The molecule has 1 aliphatic carbocycles. The molecule has 1 saturated heterocycles. The topological polar surface area (TPSA) is 46.6 Å². The van der Waals surface area contributed by atoms with Crippen molar-refractivity contribution in [3.05, 3.63) is 23.4 Å². The van der Waals surface area contributed by atoms with E-state index in [0.29, 0.717) is 18.0 Å². The molecule has 0 saturated carbocycles. The first-order valence-corrected chi connectivity index (χ1v) is 10.8. The molecule has 1 aromatic carbocycles. The summed E-state index contributed by atoms with van der Waals surface area (Å²) in [5.41, 5.74) is 4.85. The van der Waals surface area contributed by atoms with E-state index in [0.717, 1.165) is 61.2 Å². The number of methoxy groups -OCH3 is 2. The molecule has 4 rings (SSSR count). The molecule has 5 nitrogen and oxygen atoms in total. The number of anilines is 1. The van der Waals surface area contributed by atoms with Crippen molar-refractivity contribution in [2.24, 2.45) is 0 Å². The van der Waals surface area contributed by atoms with Gasteiger partial charge in [-0.2, -0.15) is 0 Å². The maximum absolute atomic E-state index is 6.05. The van der Waals surface area contributed by atoms with Gasteiger partial charge < -0.3 is 14.8 Å². The van der Waals surface area contributed by atoms with Gasteiger partial charge in [0.05, 0.1) is 19.7 Å². The van der Waals surface area contributed by atoms with Crippen LogP contribution in [-0.2, 0) is 12.8 Å². The number of hydrogen-bond donors (Lipinski definition) is 1. The fourth-order valence-electron chi connectivity index (χ4n) is 4.54. The zero-order valence-electron chi connectivity index (χ0n) is 17.1. The molecule has 2 heterocycles. The molecule has 28 heavy (non-hydrogen) atoms. The first-order valence-electron chi connectivity index (χ1n) is 10.3. The predicted octanol–water partition coefficient (Wildman–Crippen LogP) is 4.24. The van der Waals surface area contributed by atoms with E-state index in [2.05, 4.69) is 23.2 Å². The van der Waals surface area contributed by atoms with Crippen LogP contribution < -0.4 is 14.8 Å². The predicted molar refractivity (Wildman–Crippen MR) is 115 cm³/mol. The highest BCUT2D eigenvalue weighted by Crippen LogP contribution is 2.40. The molecule has 1 aliphatic heterocycles. The summed E-state index contributed by atoms with van der Waals surface area (Å²) in [4.78, 5) is 7.44. The van der Waals surface area contributed by atoms with E-state index in [1.807, 2.05) is 6.07 Å². The molecule has 1 N–H and O–H groups in total. The van der Waals surface area contributed by atoms with Gasteiger partial charge in [0.1, 0.15) is 0 Å². The number of hydrogen-bond acceptors (Lipinski definition) is 5. The first kappa shape index (κ1) is 19.6. The molecule has 2 aromatic rings. The number of nitrogens with zero attached hydrogens (tertiary/aromatic N) is 2. The van der Waals surface area contributed by atoms with Crippen molar-refractivity contribution in [3.8, 4) is 11.5 Å². The molecule has 2 aliphatic rings. The molecule has 0 radical (unpaired) electrons. The minimum atomic E-state index is 0.449. The molecule has 0 amide bonds. The Bertz CT molecular complexity index is 850. The van der Waals surface area contributed by atoms with Gasteiger partial charge in [-0.1, -0.05) is 0 Å². The summed E-state index contributed by atoms with van der Waals surface area (Å²) < 4.78 is 11.1. The third-order valence-electron chi connectivity index (χ3n) is 6.24. The third-order valence-corrected chi connectivity index (χ3v) is 6.69. The molecule has 1 fully saturated rings. The number of nitrogens with one attached hydrogen (secondary N) is 1. The fourth-order valence-corrected chi connectivity index (χ4v) is 4.74. The summed E-state index contributed by atoms with van der Waals surface area (Å²) in [6, 6.07) is 5.00. The van der Waals surface area contributed by atoms with Gasteiger partial charge in [-0.3, -0.25) is 9.88 Å². The highest BCUT2D eigenvalue weighted by Gasteiger charge is 2.26. The van der Waals surface area contributed by atoms with Crippen LogP contribution in [0.25, 0.3) is 10.9 Å². The van der Waals surface area contributed by atoms with Crippen molar-refractivity contribution in [2.45, 2.75) is 51.1 Å². The monoisotopic (exact) mass is 403 g/mol. The van der Waals surface area contributed by atoms with Crippen LogP contribution in [0.3, 0.4) is 0 Å². The number of aryl methyl sites for hydroxylation is 1. The number of ether oxygens (including phenoxy) is 2. The number of alkyl halides is 1. The molecule has 1 unspecified atom stereocenters. The van der Waals surface area contributed by atoms with E-state index in [1.54, 1.807) is 14.2 Å². The minimum Gasteiger partial charge on any atom is -0.493 e. The number of benzene rings is 1. The van der Waals surface area contributed by atoms with Gasteiger partial charge in [0, 0.05) is 53.9 Å². The Kier molecular flexibility index (Phi) is 5.83. The standard InChI is InChI=1S/C22H30ClN3O2/c1-14(13-23)26-9-7-15(8-10-26)24-22-16-5-4-6-18(16)25-19-12-21(28-3)20(27-2)11-17(19)22/h11-12,14-15H,4-10,13H2,1-3H3,(H,24,25). The van der Waals surface area contributed by atoms with Crippen LogP contribution in [0.5, 0.6) is 11.5 Å². The number of likely N-dealkylation sites (tertiary alicyclic amines) is 1. The van der Waals surface area contributed by atoms with Crippen LogP contribution in [0.1, 0.15) is 37.4 Å². The Morgan fingerprint density at radius 1 is 1.18 bits per heavy atom. The first-order chi connectivity index (χ1) is 13.6. The fraction of sp³-hybridized carbons (Fsp3) is 0.591. The van der Waals surface area contributed by atoms with Gasteiger partial charge in [0.15, 0.2) is 11.5 Å². The average molecular weight is 404 g/mol. The number of fused-ring (bicyclic) bond motifs is 2.